The van der Waals surface area contributed by atoms with Crippen LogP contribution in [0.4, 0.5) is 0 Å². The zero-order valence-electron chi connectivity index (χ0n) is 10.3. The summed E-state index contributed by atoms with van der Waals surface area (Å²) in [5, 5.41) is 15.3. The van der Waals surface area contributed by atoms with E-state index in [4.69, 9.17) is 0 Å². The van der Waals surface area contributed by atoms with Crippen LogP contribution in [0.25, 0.3) is 0 Å². The molecule has 1 aromatic rings. The molecule has 1 saturated heterocycles. The Morgan fingerprint density at radius 1 is 1.25 bits per heavy atom. The molecule has 2 heterocycles. The molecule has 0 amide bonds. The van der Waals surface area contributed by atoms with Crippen LogP contribution in [-0.2, 0) is 12.1 Å². The highest BCUT2D eigenvalue weighted by Crippen LogP contribution is 2.14. The zero-order valence-corrected chi connectivity index (χ0v) is 10.3. The largest absolute Gasteiger partial charge is 0.314 e. The lowest BCUT2D eigenvalue weighted by atomic mass is 10.1. The van der Waals surface area contributed by atoms with Crippen molar-refractivity contribution in [2.45, 2.75) is 32.9 Å². The van der Waals surface area contributed by atoms with E-state index in [0.717, 1.165) is 38.5 Å². The van der Waals surface area contributed by atoms with Gasteiger partial charge >= 0.3 is 0 Å². The van der Waals surface area contributed by atoms with Gasteiger partial charge in [-0.25, -0.2) is 4.68 Å². The van der Waals surface area contributed by atoms with Gasteiger partial charge in [0.2, 0.25) is 0 Å². The van der Waals surface area contributed by atoms with E-state index < -0.39 is 0 Å². The maximum Gasteiger partial charge on any atom is 0.165 e. The Labute approximate surface area is 96.0 Å². The third-order valence-corrected chi connectivity index (χ3v) is 2.74. The summed E-state index contributed by atoms with van der Waals surface area (Å²) in [5.41, 5.74) is -0.0487. The fraction of sp³-hybridized carbons (Fsp3) is 0.900. The smallest absolute Gasteiger partial charge is 0.165 e. The molecule has 16 heavy (non-hydrogen) atoms. The van der Waals surface area contributed by atoms with Gasteiger partial charge in [-0.1, -0.05) is 0 Å². The summed E-state index contributed by atoms with van der Waals surface area (Å²) in [6.45, 7) is 11.4. The standard InChI is InChI=1S/C10H20N6/c1-10(2,3)16-9(12-13-14-16)8-15-6-4-11-5-7-15/h11H,4-8H2,1-3H3. The Kier molecular flexibility index (Phi) is 3.20. The van der Waals surface area contributed by atoms with Crippen molar-refractivity contribution in [1.29, 1.82) is 0 Å². The number of nitrogens with zero attached hydrogens (tertiary/aromatic N) is 5. The summed E-state index contributed by atoms with van der Waals surface area (Å²) in [6, 6.07) is 0. The van der Waals surface area contributed by atoms with Gasteiger partial charge in [0.15, 0.2) is 5.82 Å². The van der Waals surface area contributed by atoms with E-state index in [1.165, 1.54) is 0 Å². The Morgan fingerprint density at radius 2 is 1.94 bits per heavy atom. The van der Waals surface area contributed by atoms with Crippen LogP contribution in [0, 0.1) is 0 Å². The van der Waals surface area contributed by atoms with Crippen molar-refractivity contribution in [3.8, 4) is 0 Å². The van der Waals surface area contributed by atoms with Gasteiger partial charge in [0.05, 0.1) is 12.1 Å². The first-order valence-corrected chi connectivity index (χ1v) is 5.78. The molecule has 1 fully saturated rings. The van der Waals surface area contributed by atoms with Crippen molar-refractivity contribution < 1.29 is 0 Å². The third kappa shape index (κ3) is 2.56. The maximum atomic E-state index is 4.12. The Morgan fingerprint density at radius 3 is 2.56 bits per heavy atom. The number of hydrogen-bond donors (Lipinski definition) is 1. The van der Waals surface area contributed by atoms with Crippen molar-refractivity contribution in [1.82, 2.24) is 30.4 Å². The second kappa shape index (κ2) is 4.47. The summed E-state index contributed by atoms with van der Waals surface area (Å²) in [6.07, 6.45) is 0. The van der Waals surface area contributed by atoms with Gasteiger partial charge in [0, 0.05) is 26.2 Å². The summed E-state index contributed by atoms with van der Waals surface area (Å²) < 4.78 is 1.91. The molecule has 1 aliphatic rings. The minimum Gasteiger partial charge on any atom is -0.314 e. The van der Waals surface area contributed by atoms with E-state index in [1.54, 1.807) is 0 Å². The number of hydrogen-bond acceptors (Lipinski definition) is 5. The number of piperazine rings is 1. The van der Waals surface area contributed by atoms with Gasteiger partial charge in [0.1, 0.15) is 0 Å². The molecule has 6 nitrogen and oxygen atoms in total. The average Bonchev–Trinajstić information content (AvgIpc) is 2.67. The fourth-order valence-electron chi connectivity index (χ4n) is 1.89. The van der Waals surface area contributed by atoms with Crippen LogP contribution in [0.1, 0.15) is 26.6 Å². The highest BCUT2D eigenvalue weighted by Gasteiger charge is 2.21. The summed E-state index contributed by atoms with van der Waals surface area (Å²) in [7, 11) is 0. The fourth-order valence-corrected chi connectivity index (χ4v) is 1.89. The summed E-state index contributed by atoms with van der Waals surface area (Å²) in [4.78, 5) is 2.38. The van der Waals surface area contributed by atoms with E-state index in [-0.39, 0.29) is 5.54 Å². The minimum absolute atomic E-state index is 0.0487. The van der Waals surface area contributed by atoms with E-state index in [1.807, 2.05) is 4.68 Å². The topological polar surface area (TPSA) is 58.9 Å². The molecule has 0 aliphatic carbocycles. The SMILES string of the molecule is CC(C)(C)n1nnnc1CN1CCNCC1. The van der Waals surface area contributed by atoms with Gasteiger partial charge in [-0.2, -0.15) is 0 Å². The van der Waals surface area contributed by atoms with Gasteiger partial charge in [0.25, 0.3) is 0 Å². The normalized spacial score (nSPS) is 18.9. The predicted molar refractivity (Wildman–Crippen MR) is 61.0 cm³/mol. The van der Waals surface area contributed by atoms with Gasteiger partial charge < -0.3 is 5.32 Å². The summed E-state index contributed by atoms with van der Waals surface area (Å²) in [5.74, 6) is 0.953. The lowest BCUT2D eigenvalue weighted by Crippen LogP contribution is -2.43. The van der Waals surface area contributed by atoms with E-state index in [2.05, 4.69) is 46.5 Å². The maximum absolute atomic E-state index is 4.12. The van der Waals surface area contributed by atoms with Crippen LogP contribution >= 0.6 is 0 Å². The van der Waals surface area contributed by atoms with Gasteiger partial charge in [-0.05, 0) is 31.2 Å². The molecule has 0 saturated carbocycles. The minimum atomic E-state index is -0.0487. The highest BCUT2D eigenvalue weighted by atomic mass is 15.6. The highest BCUT2D eigenvalue weighted by molar-refractivity contribution is 4.88. The van der Waals surface area contributed by atoms with Crippen molar-refractivity contribution in [2.75, 3.05) is 26.2 Å². The van der Waals surface area contributed by atoms with Gasteiger partial charge in [-0.3, -0.25) is 4.90 Å². The second-order valence-corrected chi connectivity index (χ2v) is 5.20. The lowest BCUT2D eigenvalue weighted by molar-refractivity contribution is 0.215. The lowest BCUT2D eigenvalue weighted by Gasteiger charge is -2.28. The monoisotopic (exact) mass is 224 g/mol. The second-order valence-electron chi connectivity index (χ2n) is 5.20. The molecule has 1 aromatic heterocycles. The molecular weight excluding hydrogens is 204 g/mol. The molecule has 0 spiro atoms. The quantitative estimate of drug-likeness (QED) is 0.756. The molecule has 1 aliphatic heterocycles. The predicted octanol–water partition coefficient (Wildman–Crippen LogP) is -0.167. The number of nitrogens with one attached hydrogen (secondary N) is 1. The van der Waals surface area contributed by atoms with Crippen LogP contribution in [0.2, 0.25) is 0 Å². The molecular formula is C10H20N6. The molecule has 90 valence electrons. The third-order valence-electron chi connectivity index (χ3n) is 2.74. The molecule has 0 aromatic carbocycles. The van der Waals surface area contributed by atoms with E-state index >= 15 is 0 Å². The van der Waals surface area contributed by atoms with Crippen molar-refractivity contribution in [2.24, 2.45) is 0 Å². The number of rotatable bonds is 2. The van der Waals surface area contributed by atoms with E-state index in [0.29, 0.717) is 0 Å². The first-order valence-electron chi connectivity index (χ1n) is 5.78. The van der Waals surface area contributed by atoms with Crippen molar-refractivity contribution in [3.63, 3.8) is 0 Å². The first kappa shape index (κ1) is 11.5. The van der Waals surface area contributed by atoms with Crippen LogP contribution in [0.3, 0.4) is 0 Å². The molecule has 0 radical (unpaired) electrons. The van der Waals surface area contributed by atoms with Crippen LogP contribution in [0.15, 0.2) is 0 Å². The van der Waals surface area contributed by atoms with Gasteiger partial charge in [-0.15, -0.1) is 5.10 Å². The van der Waals surface area contributed by atoms with Crippen molar-refractivity contribution >= 4 is 0 Å². The first-order chi connectivity index (χ1) is 7.57. The number of aromatic nitrogens is 4. The average molecular weight is 224 g/mol. The van der Waals surface area contributed by atoms with Crippen LogP contribution in [0.5, 0.6) is 0 Å². The van der Waals surface area contributed by atoms with Crippen LogP contribution in [-0.4, -0.2) is 51.3 Å². The summed E-state index contributed by atoms with van der Waals surface area (Å²) >= 11 is 0. The molecule has 0 unspecified atom stereocenters. The van der Waals surface area contributed by atoms with Crippen LogP contribution < -0.4 is 5.32 Å². The molecule has 1 N–H and O–H groups in total. The Hall–Kier alpha value is -1.01. The molecule has 0 atom stereocenters. The number of tetrazole rings is 1. The van der Waals surface area contributed by atoms with E-state index in [9.17, 15) is 0 Å². The molecule has 6 heteroatoms. The van der Waals surface area contributed by atoms with Crippen molar-refractivity contribution in [3.05, 3.63) is 5.82 Å². The Bertz CT molecular complexity index is 333. The Balaban J connectivity index is 2.06. The molecule has 2 rings (SSSR count). The molecule has 0 bridgehead atoms. The zero-order chi connectivity index (χ0) is 11.6.